The molecule has 0 saturated carbocycles. The van der Waals surface area contributed by atoms with Gasteiger partial charge in [-0.25, -0.2) is 0 Å². The molecule has 0 unspecified atom stereocenters. The molecular weight excluding hydrogens is 461 g/mol. The second kappa shape index (κ2) is 11.1. The van der Waals surface area contributed by atoms with Crippen LogP contribution >= 0.6 is 0 Å². The van der Waals surface area contributed by atoms with Gasteiger partial charge in [0.2, 0.25) is 0 Å². The molecule has 0 bridgehead atoms. The van der Waals surface area contributed by atoms with Gasteiger partial charge in [-0.15, -0.1) is 0 Å². The van der Waals surface area contributed by atoms with Crippen LogP contribution in [0.5, 0.6) is 0 Å². The summed E-state index contributed by atoms with van der Waals surface area (Å²) in [5, 5.41) is 2.20. The molecule has 9 nitrogen and oxygen atoms in total. The van der Waals surface area contributed by atoms with Crippen molar-refractivity contribution in [1.82, 2.24) is 5.32 Å². The van der Waals surface area contributed by atoms with Gasteiger partial charge in [-0.05, 0) is 0 Å². The summed E-state index contributed by atoms with van der Waals surface area (Å²) in [6.07, 6.45) is -2.95. The molecule has 1 aromatic rings. The quantitative estimate of drug-likeness (QED) is 0.317. The first-order valence-corrected chi connectivity index (χ1v) is 11.1. The topological polar surface area (TPSA) is 117 Å². The number of ether oxygens (including phenoxy) is 4. The third-order valence-corrected chi connectivity index (χ3v) is 6.54. The molecule has 1 aliphatic rings. The van der Waals surface area contributed by atoms with Crippen molar-refractivity contribution in [2.75, 3.05) is 6.61 Å². The monoisotopic (exact) mass is 487 g/mol. The first-order valence-electron chi connectivity index (χ1n) is 9.29. The number of hydrogen-bond donors (Lipinski definition) is 1. The van der Waals surface area contributed by atoms with Gasteiger partial charge < -0.3 is 0 Å². The Hall–Kier alpha value is -2.42. The number of rotatable bonds is 7. The predicted octanol–water partition coefficient (Wildman–Crippen LogP) is -0.328. The molecular formula is C20H25NO8Se. The van der Waals surface area contributed by atoms with Crippen LogP contribution < -0.4 is 9.78 Å². The fourth-order valence-electron chi connectivity index (χ4n) is 3.02. The maximum atomic E-state index is 11.9. The Bertz CT molecular complexity index is 771. The van der Waals surface area contributed by atoms with Crippen LogP contribution in [0.3, 0.4) is 0 Å². The Balaban J connectivity index is 2.42. The maximum absolute atomic E-state index is 11.9. The molecule has 30 heavy (non-hydrogen) atoms. The average molecular weight is 486 g/mol. The summed E-state index contributed by atoms with van der Waals surface area (Å²) in [6.45, 7) is 4.83. The molecule has 1 aromatic carbocycles. The number of nitrogens with one attached hydrogen (secondary N) is 1. The van der Waals surface area contributed by atoms with E-state index in [0.717, 1.165) is 4.46 Å². The van der Waals surface area contributed by atoms with E-state index >= 15 is 0 Å². The van der Waals surface area contributed by atoms with Gasteiger partial charge in [-0.2, -0.15) is 0 Å². The Morgan fingerprint density at radius 3 is 2.07 bits per heavy atom. The van der Waals surface area contributed by atoms with E-state index in [1.807, 2.05) is 30.3 Å². The first kappa shape index (κ1) is 23.9. The van der Waals surface area contributed by atoms with E-state index in [-0.39, 0.29) is 27.5 Å². The second-order valence-corrected chi connectivity index (χ2v) is 9.11. The van der Waals surface area contributed by atoms with Gasteiger partial charge in [0.15, 0.2) is 0 Å². The van der Waals surface area contributed by atoms with E-state index in [1.165, 1.54) is 27.7 Å². The summed E-state index contributed by atoms with van der Waals surface area (Å²) in [5.41, 5.74) is 0. The zero-order chi connectivity index (χ0) is 22.3. The summed E-state index contributed by atoms with van der Waals surface area (Å²) >= 11 is -0.303. The molecule has 0 radical (unpaired) electrons. The van der Waals surface area contributed by atoms with Gasteiger partial charge in [0.25, 0.3) is 0 Å². The molecule has 0 aromatic heterocycles. The number of carbonyl (C=O) groups excluding carboxylic acids is 4. The molecule has 1 saturated heterocycles. The fraction of sp³-hybridized carbons (Fsp3) is 0.500. The zero-order valence-corrected chi connectivity index (χ0v) is 18.9. The molecule has 2 rings (SSSR count). The van der Waals surface area contributed by atoms with Crippen LogP contribution in [-0.2, 0) is 38.1 Å². The van der Waals surface area contributed by atoms with Gasteiger partial charge in [0.05, 0.1) is 0 Å². The molecule has 164 valence electrons. The predicted molar refractivity (Wildman–Crippen MR) is 106 cm³/mol. The van der Waals surface area contributed by atoms with E-state index in [0.29, 0.717) is 0 Å². The molecule has 0 spiro atoms. The molecule has 10 heteroatoms. The molecule has 1 aliphatic heterocycles. The summed E-state index contributed by atoms with van der Waals surface area (Å²) in [4.78, 5) is 46.8. The van der Waals surface area contributed by atoms with Gasteiger partial charge in [-0.3, -0.25) is 0 Å². The molecule has 1 heterocycles. The first-order chi connectivity index (χ1) is 14.2. The van der Waals surface area contributed by atoms with Crippen LogP contribution in [0.2, 0.25) is 0 Å². The van der Waals surface area contributed by atoms with Gasteiger partial charge in [0, 0.05) is 0 Å². The number of hydrogen-bond acceptors (Lipinski definition) is 8. The zero-order valence-electron chi connectivity index (χ0n) is 17.2. The number of amides is 1. The average Bonchev–Trinajstić information content (AvgIpc) is 2.64. The van der Waals surface area contributed by atoms with Crippen molar-refractivity contribution in [2.45, 2.75) is 57.1 Å². The van der Waals surface area contributed by atoms with E-state index in [2.05, 4.69) is 5.32 Å². The Morgan fingerprint density at radius 2 is 1.53 bits per heavy atom. The molecule has 1 N–H and O–H groups in total. The van der Waals surface area contributed by atoms with Crippen molar-refractivity contribution in [3.8, 4) is 0 Å². The van der Waals surface area contributed by atoms with Crippen LogP contribution in [0.1, 0.15) is 27.7 Å². The minimum absolute atomic E-state index is 0.195. The Kier molecular flexibility index (Phi) is 8.83. The van der Waals surface area contributed by atoms with E-state index in [1.54, 1.807) is 0 Å². The molecule has 0 aliphatic carbocycles. The summed E-state index contributed by atoms with van der Waals surface area (Å²) < 4.78 is 23.1. The van der Waals surface area contributed by atoms with Crippen molar-refractivity contribution in [2.24, 2.45) is 0 Å². The number of carbonyl (C=O) groups is 4. The van der Waals surface area contributed by atoms with Crippen molar-refractivity contribution in [3.63, 3.8) is 0 Å². The second-order valence-electron chi connectivity index (χ2n) is 6.65. The van der Waals surface area contributed by atoms with E-state index in [4.69, 9.17) is 18.9 Å². The van der Waals surface area contributed by atoms with Crippen LogP contribution in [0.4, 0.5) is 0 Å². The standard InChI is InChI=1S/C20H25NO8Se/c1-11(22)21-17-19(28-14(4)25)18(27-13(3)24)16(10-26-12(2)23)29-20(17)30-15-8-6-5-7-9-15/h5-9,16-20H,10H2,1-4H3,(H,21,22)/t16-,17-,18-,19-,20-/m1/s1. The van der Waals surface area contributed by atoms with E-state index in [9.17, 15) is 19.2 Å². The SMILES string of the molecule is CC(=O)N[C@@H]1[C@@H](OC(C)=O)[C@H](OC(C)=O)[C@@H](COC(C)=O)O[C@@H]1[Se]c1ccccc1. The molecule has 5 atom stereocenters. The summed E-state index contributed by atoms with van der Waals surface area (Å²) in [5.74, 6) is -2.11. The normalized spacial score (nSPS) is 25.7. The van der Waals surface area contributed by atoms with Gasteiger partial charge >= 0.3 is 181 Å². The van der Waals surface area contributed by atoms with Crippen LogP contribution in [0.15, 0.2) is 30.3 Å². The van der Waals surface area contributed by atoms with Gasteiger partial charge in [0.1, 0.15) is 0 Å². The Labute approximate surface area is 180 Å². The third-order valence-electron chi connectivity index (χ3n) is 4.07. The molecule has 1 fully saturated rings. The molecule has 1 amide bonds. The summed E-state index contributed by atoms with van der Waals surface area (Å²) in [6, 6.07) is 8.74. The van der Waals surface area contributed by atoms with Crippen LogP contribution in [0, 0.1) is 0 Å². The number of benzene rings is 1. The Morgan fingerprint density at radius 1 is 0.933 bits per heavy atom. The minimum atomic E-state index is -1.06. The van der Waals surface area contributed by atoms with Crippen molar-refractivity contribution < 1.29 is 38.1 Å². The van der Waals surface area contributed by atoms with Crippen molar-refractivity contribution >= 4 is 43.2 Å². The van der Waals surface area contributed by atoms with E-state index < -0.39 is 47.3 Å². The third kappa shape index (κ3) is 7.12. The fourth-order valence-corrected chi connectivity index (χ4v) is 5.44. The van der Waals surface area contributed by atoms with Crippen LogP contribution in [-0.4, -0.2) is 74.7 Å². The van der Waals surface area contributed by atoms with Crippen molar-refractivity contribution in [1.29, 1.82) is 0 Å². The van der Waals surface area contributed by atoms with Crippen molar-refractivity contribution in [3.05, 3.63) is 30.3 Å². The number of esters is 3. The van der Waals surface area contributed by atoms with Gasteiger partial charge in [-0.1, -0.05) is 0 Å². The van der Waals surface area contributed by atoms with Crippen LogP contribution in [0.25, 0.3) is 0 Å². The summed E-state index contributed by atoms with van der Waals surface area (Å²) in [7, 11) is 0.